The molecular weight excluding hydrogens is 348 g/mol. The predicted octanol–water partition coefficient (Wildman–Crippen LogP) is 6.38. The fraction of sp³-hybridized carbons (Fsp3) is 0.480. The van der Waals surface area contributed by atoms with Crippen molar-refractivity contribution in [1.29, 1.82) is 0 Å². The van der Waals surface area contributed by atoms with E-state index in [-0.39, 0.29) is 5.97 Å². The van der Waals surface area contributed by atoms with E-state index in [1.54, 1.807) is 12.1 Å². The van der Waals surface area contributed by atoms with Crippen molar-refractivity contribution in [2.75, 3.05) is 6.61 Å². The third-order valence-electron chi connectivity index (χ3n) is 5.50. The van der Waals surface area contributed by atoms with Gasteiger partial charge in [-0.05, 0) is 79.1 Å². The summed E-state index contributed by atoms with van der Waals surface area (Å²) in [4.78, 5) is 12.5. The smallest absolute Gasteiger partial charge is 0.343 e. The minimum Gasteiger partial charge on any atom is -0.494 e. The van der Waals surface area contributed by atoms with Crippen molar-refractivity contribution in [3.8, 4) is 11.5 Å². The van der Waals surface area contributed by atoms with Gasteiger partial charge in [0.15, 0.2) is 0 Å². The van der Waals surface area contributed by atoms with E-state index in [1.165, 1.54) is 43.2 Å². The summed E-state index contributed by atoms with van der Waals surface area (Å²) in [5.41, 5.74) is 3.35. The largest absolute Gasteiger partial charge is 0.494 e. The molecule has 3 rings (SSSR count). The molecule has 3 heteroatoms. The average Bonchev–Trinajstić information content (AvgIpc) is 2.73. The van der Waals surface area contributed by atoms with Crippen LogP contribution in [0.4, 0.5) is 0 Å². The molecule has 0 heterocycles. The van der Waals surface area contributed by atoms with Crippen LogP contribution < -0.4 is 9.47 Å². The number of aryl methyl sites for hydroxylation is 1. The first-order valence-corrected chi connectivity index (χ1v) is 10.8. The lowest BCUT2D eigenvalue weighted by molar-refractivity contribution is 0.0734. The molecule has 0 bridgehead atoms. The van der Waals surface area contributed by atoms with Gasteiger partial charge in [-0.25, -0.2) is 4.79 Å². The number of fused-ring (bicyclic) bond motifs is 1. The standard InChI is InChI=1S/C25H32O3/c1-3-5-6-7-19-8-9-21-18-22(11-10-20(21)17-19)25(26)28-24-14-12-23(13-15-24)27-16-4-2/h10-15,18-19H,3-9,16-17H2,1-2H3. The molecule has 1 aliphatic rings. The van der Waals surface area contributed by atoms with Crippen molar-refractivity contribution in [2.24, 2.45) is 5.92 Å². The van der Waals surface area contributed by atoms with Crippen molar-refractivity contribution in [3.63, 3.8) is 0 Å². The van der Waals surface area contributed by atoms with Gasteiger partial charge in [-0.3, -0.25) is 0 Å². The number of ether oxygens (including phenoxy) is 2. The van der Waals surface area contributed by atoms with Crippen LogP contribution >= 0.6 is 0 Å². The molecule has 2 aromatic rings. The first-order valence-electron chi connectivity index (χ1n) is 10.8. The minimum atomic E-state index is -0.296. The van der Waals surface area contributed by atoms with Gasteiger partial charge >= 0.3 is 5.97 Å². The maximum absolute atomic E-state index is 12.5. The molecule has 3 nitrogen and oxygen atoms in total. The second-order valence-electron chi connectivity index (χ2n) is 7.80. The number of esters is 1. The van der Waals surface area contributed by atoms with E-state index in [9.17, 15) is 4.79 Å². The maximum atomic E-state index is 12.5. The Balaban J connectivity index is 1.58. The summed E-state index contributed by atoms with van der Waals surface area (Å²) in [6.07, 6.45) is 9.69. The number of unbranched alkanes of at least 4 members (excludes halogenated alkanes) is 2. The number of carbonyl (C=O) groups is 1. The Bertz CT molecular complexity index is 764. The normalized spacial score (nSPS) is 15.7. The molecule has 28 heavy (non-hydrogen) atoms. The summed E-state index contributed by atoms with van der Waals surface area (Å²) in [5.74, 6) is 1.84. The highest BCUT2D eigenvalue weighted by molar-refractivity contribution is 5.91. The second-order valence-corrected chi connectivity index (χ2v) is 7.80. The summed E-state index contributed by atoms with van der Waals surface area (Å²) >= 11 is 0. The first-order chi connectivity index (χ1) is 13.7. The van der Waals surface area contributed by atoms with E-state index in [0.29, 0.717) is 17.9 Å². The molecule has 0 fully saturated rings. The van der Waals surface area contributed by atoms with Gasteiger partial charge in [0.1, 0.15) is 11.5 Å². The second kappa shape index (κ2) is 10.3. The highest BCUT2D eigenvalue weighted by Crippen LogP contribution is 2.30. The van der Waals surface area contributed by atoms with Gasteiger partial charge in [-0.15, -0.1) is 0 Å². The van der Waals surface area contributed by atoms with Crippen molar-refractivity contribution in [1.82, 2.24) is 0 Å². The Kier molecular flexibility index (Phi) is 7.53. The van der Waals surface area contributed by atoms with E-state index in [4.69, 9.17) is 9.47 Å². The van der Waals surface area contributed by atoms with Gasteiger partial charge in [-0.1, -0.05) is 45.6 Å². The maximum Gasteiger partial charge on any atom is 0.343 e. The summed E-state index contributed by atoms with van der Waals surface area (Å²) in [5, 5.41) is 0. The van der Waals surface area contributed by atoms with Crippen molar-refractivity contribution >= 4 is 5.97 Å². The van der Waals surface area contributed by atoms with Crippen LogP contribution in [0.2, 0.25) is 0 Å². The first kappa shape index (κ1) is 20.4. The Morgan fingerprint density at radius 2 is 1.75 bits per heavy atom. The third-order valence-corrected chi connectivity index (χ3v) is 5.50. The predicted molar refractivity (Wildman–Crippen MR) is 113 cm³/mol. The van der Waals surface area contributed by atoms with E-state index in [1.807, 2.05) is 24.3 Å². The van der Waals surface area contributed by atoms with Crippen LogP contribution in [0, 0.1) is 5.92 Å². The van der Waals surface area contributed by atoms with E-state index in [2.05, 4.69) is 19.9 Å². The minimum absolute atomic E-state index is 0.296. The zero-order valence-corrected chi connectivity index (χ0v) is 17.2. The number of carbonyl (C=O) groups excluding carboxylic acids is 1. The van der Waals surface area contributed by atoms with Gasteiger partial charge < -0.3 is 9.47 Å². The summed E-state index contributed by atoms with van der Waals surface area (Å²) in [6, 6.07) is 13.3. The molecule has 0 spiro atoms. The zero-order chi connectivity index (χ0) is 19.8. The molecule has 0 saturated carbocycles. The van der Waals surface area contributed by atoms with Crippen LogP contribution in [-0.4, -0.2) is 12.6 Å². The van der Waals surface area contributed by atoms with Crippen LogP contribution in [0.25, 0.3) is 0 Å². The molecule has 0 N–H and O–H groups in total. The van der Waals surface area contributed by atoms with Crippen molar-refractivity contribution < 1.29 is 14.3 Å². The SMILES string of the molecule is CCCCCC1CCc2cc(C(=O)Oc3ccc(OCCC)cc3)ccc2C1. The van der Waals surface area contributed by atoms with Gasteiger partial charge in [0, 0.05) is 0 Å². The molecule has 0 amide bonds. The third kappa shape index (κ3) is 5.60. The van der Waals surface area contributed by atoms with Crippen molar-refractivity contribution in [3.05, 3.63) is 59.2 Å². The van der Waals surface area contributed by atoms with Crippen LogP contribution in [0.1, 0.15) is 73.9 Å². The Morgan fingerprint density at radius 3 is 2.50 bits per heavy atom. The molecule has 1 unspecified atom stereocenters. The quantitative estimate of drug-likeness (QED) is 0.288. The van der Waals surface area contributed by atoms with Gasteiger partial charge in [-0.2, -0.15) is 0 Å². The fourth-order valence-electron chi connectivity index (χ4n) is 3.88. The molecule has 2 aromatic carbocycles. The van der Waals surface area contributed by atoms with Crippen molar-refractivity contribution in [2.45, 2.75) is 65.2 Å². The Morgan fingerprint density at radius 1 is 0.964 bits per heavy atom. The number of rotatable bonds is 9. The lowest BCUT2D eigenvalue weighted by Gasteiger charge is -2.25. The molecule has 0 radical (unpaired) electrons. The average molecular weight is 381 g/mol. The fourth-order valence-corrected chi connectivity index (χ4v) is 3.88. The molecule has 0 aromatic heterocycles. The van der Waals surface area contributed by atoms with Crippen LogP contribution in [0.3, 0.4) is 0 Å². The van der Waals surface area contributed by atoms with Crippen LogP contribution in [0.5, 0.6) is 11.5 Å². The molecule has 0 aliphatic heterocycles. The number of hydrogen-bond donors (Lipinski definition) is 0. The molecule has 1 aliphatic carbocycles. The highest BCUT2D eigenvalue weighted by Gasteiger charge is 2.20. The monoisotopic (exact) mass is 380 g/mol. The topological polar surface area (TPSA) is 35.5 Å². The molecule has 1 atom stereocenters. The van der Waals surface area contributed by atoms with Crippen LogP contribution in [-0.2, 0) is 12.8 Å². The summed E-state index contributed by atoms with van der Waals surface area (Å²) < 4.78 is 11.1. The number of benzene rings is 2. The number of hydrogen-bond acceptors (Lipinski definition) is 3. The molecule has 150 valence electrons. The lowest BCUT2D eigenvalue weighted by Crippen LogP contribution is -2.16. The zero-order valence-electron chi connectivity index (χ0n) is 17.2. The van der Waals surface area contributed by atoms with Gasteiger partial charge in [0.25, 0.3) is 0 Å². The molecular formula is C25H32O3. The summed E-state index contributed by atoms with van der Waals surface area (Å²) in [7, 11) is 0. The Labute approximate surface area is 169 Å². The Hall–Kier alpha value is -2.29. The van der Waals surface area contributed by atoms with Crippen LogP contribution in [0.15, 0.2) is 42.5 Å². The van der Waals surface area contributed by atoms with Gasteiger partial charge in [0.2, 0.25) is 0 Å². The van der Waals surface area contributed by atoms with E-state index in [0.717, 1.165) is 30.9 Å². The molecule has 0 saturated heterocycles. The van der Waals surface area contributed by atoms with E-state index >= 15 is 0 Å². The van der Waals surface area contributed by atoms with Gasteiger partial charge in [0.05, 0.1) is 12.2 Å². The highest BCUT2D eigenvalue weighted by atomic mass is 16.5. The lowest BCUT2D eigenvalue weighted by atomic mass is 9.81. The van der Waals surface area contributed by atoms with E-state index < -0.39 is 0 Å². The summed E-state index contributed by atoms with van der Waals surface area (Å²) in [6.45, 7) is 5.01.